The summed E-state index contributed by atoms with van der Waals surface area (Å²) < 4.78 is 74.5. The van der Waals surface area contributed by atoms with Crippen molar-refractivity contribution in [1.29, 1.82) is 0 Å². The summed E-state index contributed by atoms with van der Waals surface area (Å²) in [5, 5.41) is 45.8. The Morgan fingerprint density at radius 3 is 2.42 bits per heavy atom. The fraction of sp³-hybridized carbons (Fsp3) is 0.136. The summed E-state index contributed by atoms with van der Waals surface area (Å²) in [6.07, 6.45) is 0.0394. The van der Waals surface area contributed by atoms with E-state index in [1.54, 1.807) is 26.0 Å². The third-order valence-electron chi connectivity index (χ3n) is 10.6. The number of aryl methyl sites for hydroxylation is 2. The number of ether oxygens (including phenoxy) is 1. The summed E-state index contributed by atoms with van der Waals surface area (Å²) >= 11 is 2.44. The molecule has 69 heavy (non-hydrogen) atoms. The van der Waals surface area contributed by atoms with E-state index >= 15 is 0 Å². The number of carbonyl (C=O) groups is 2. The van der Waals surface area contributed by atoms with E-state index in [4.69, 9.17) is 14.4 Å². The topological polar surface area (TPSA) is 313 Å². The first kappa shape index (κ1) is 47.8. The van der Waals surface area contributed by atoms with E-state index in [0.29, 0.717) is 16.1 Å². The number of amides is 2. The van der Waals surface area contributed by atoms with Crippen molar-refractivity contribution in [2.75, 3.05) is 15.4 Å². The van der Waals surface area contributed by atoms with Gasteiger partial charge >= 0.3 is 0 Å². The molecule has 2 amide bonds. The number of hydrogen-bond donors (Lipinski definition) is 6. The molecule has 0 unspecified atom stereocenters. The molecule has 0 spiro atoms. The number of anilines is 3. The van der Waals surface area contributed by atoms with E-state index in [0.717, 1.165) is 33.1 Å². The lowest BCUT2D eigenvalue weighted by molar-refractivity contribution is -0.384. The van der Waals surface area contributed by atoms with Crippen molar-refractivity contribution in [3.63, 3.8) is 0 Å². The minimum atomic E-state index is -5.54. The van der Waals surface area contributed by atoms with Gasteiger partial charge in [-0.2, -0.15) is 8.58 Å². The van der Waals surface area contributed by atoms with Crippen LogP contribution in [0.15, 0.2) is 131 Å². The van der Waals surface area contributed by atoms with Crippen LogP contribution in [0.5, 0.6) is 11.5 Å². The number of fused-ring (bicyclic) bond motifs is 2. The molecule has 0 aliphatic carbocycles. The first-order valence-electron chi connectivity index (χ1n) is 20.3. The maximum Gasteiger partial charge on any atom is 0.296 e. The zero-order valence-electron chi connectivity index (χ0n) is 36.6. The number of aromatic hydroxyl groups is 1. The van der Waals surface area contributed by atoms with Gasteiger partial charge in [-0.05, 0) is 109 Å². The summed E-state index contributed by atoms with van der Waals surface area (Å²) in [6, 6.07) is 19.5. The van der Waals surface area contributed by atoms with Crippen molar-refractivity contribution in [1.82, 2.24) is 9.11 Å². The summed E-state index contributed by atoms with van der Waals surface area (Å²) in [4.78, 5) is 48.1. The van der Waals surface area contributed by atoms with Crippen LogP contribution < -0.4 is 30.8 Å². The molecule has 0 bridgehead atoms. The van der Waals surface area contributed by atoms with Gasteiger partial charge in [0, 0.05) is 24.8 Å². The van der Waals surface area contributed by atoms with Crippen LogP contribution in [0.2, 0.25) is 0 Å². The van der Waals surface area contributed by atoms with E-state index in [-0.39, 0.29) is 79.9 Å². The van der Waals surface area contributed by atoms with Crippen molar-refractivity contribution in [3.8, 4) is 17.2 Å². The minimum Gasteiger partial charge on any atom is -0.505 e. The zero-order chi connectivity index (χ0) is 49.6. The van der Waals surface area contributed by atoms with Crippen LogP contribution in [-0.4, -0.2) is 48.1 Å². The van der Waals surface area contributed by atoms with Crippen LogP contribution in [0.3, 0.4) is 0 Å². The molecular formula is C44H39N9O12S4. The predicted octanol–water partition coefficient (Wildman–Crippen LogP) is 9.17. The number of hydrogen-bond acceptors (Lipinski definition) is 16. The highest BCUT2D eigenvalue weighted by molar-refractivity contribution is 8.13. The molecule has 21 nitrogen and oxygen atoms in total. The van der Waals surface area contributed by atoms with E-state index in [1.165, 1.54) is 91.9 Å². The fourth-order valence-corrected chi connectivity index (χ4v) is 11.6. The Morgan fingerprint density at radius 2 is 1.71 bits per heavy atom. The molecule has 8 rings (SSSR count). The number of sulfonamides is 1. The van der Waals surface area contributed by atoms with Crippen LogP contribution in [0.1, 0.15) is 37.2 Å². The Morgan fingerprint density at radius 1 is 0.971 bits per heavy atom. The largest absolute Gasteiger partial charge is 0.505 e. The first-order valence-corrected chi connectivity index (χ1v) is 25.5. The van der Waals surface area contributed by atoms with Gasteiger partial charge in [-0.25, -0.2) is 13.6 Å². The van der Waals surface area contributed by atoms with E-state index in [9.17, 15) is 46.8 Å². The molecule has 0 aliphatic heterocycles. The summed E-state index contributed by atoms with van der Waals surface area (Å²) in [5.41, 5.74) is -0.0320. The molecule has 3 aromatic heterocycles. The second kappa shape index (κ2) is 18.1. The summed E-state index contributed by atoms with van der Waals surface area (Å²) in [6.45, 7) is 5.64. The van der Waals surface area contributed by atoms with Gasteiger partial charge in [-0.1, -0.05) is 28.6 Å². The van der Waals surface area contributed by atoms with E-state index < -0.39 is 57.4 Å². The van der Waals surface area contributed by atoms with Gasteiger partial charge in [0.2, 0.25) is 11.8 Å². The third-order valence-corrected chi connectivity index (χ3v) is 16.1. The lowest BCUT2D eigenvalue weighted by atomic mass is 10.0. The maximum atomic E-state index is 14.4. The van der Waals surface area contributed by atoms with Crippen molar-refractivity contribution in [2.24, 2.45) is 15.4 Å². The van der Waals surface area contributed by atoms with Crippen molar-refractivity contribution < 1.29 is 46.1 Å². The third kappa shape index (κ3) is 9.33. The molecular weight excluding hydrogens is 975 g/mol. The quantitative estimate of drug-likeness (QED) is 0.0242. The number of azo groups is 1. The van der Waals surface area contributed by atoms with Gasteiger partial charge < -0.3 is 25.0 Å². The lowest BCUT2D eigenvalue weighted by Crippen LogP contribution is -2.42. The number of nitrogens with one attached hydrogen (secondary N) is 3. The number of benzene rings is 5. The highest BCUT2D eigenvalue weighted by Crippen LogP contribution is 2.48. The molecule has 7 N–H and O–H groups in total. The average Bonchev–Trinajstić information content (AvgIpc) is 4.01. The van der Waals surface area contributed by atoms with Gasteiger partial charge in [0.05, 0.1) is 63.5 Å². The Bertz CT molecular complexity index is 3690. The number of phenolic OH excluding ortho intramolecular Hbond substituents is 1. The van der Waals surface area contributed by atoms with E-state index in [1.807, 2.05) is 5.38 Å². The zero-order valence-corrected chi connectivity index (χ0v) is 39.8. The number of aromatic nitrogens is 2. The predicted molar refractivity (Wildman–Crippen MR) is 260 cm³/mol. The van der Waals surface area contributed by atoms with Crippen molar-refractivity contribution >= 4 is 109 Å². The molecule has 8 aromatic rings. The molecule has 0 fully saturated rings. The molecule has 0 radical (unpaired) electrons. The standard InChI is InChI=1S/C44H39N9O12S4/c1-5-38(55)47-35-21-34(48-49-43-42-33(50-67-43)17-18-66-42)39-32(15-14-31(46-25(4)54)40(39)41(35)56)51-68(60,61)27-7-6-8-29(20-27)69(45,62,63)28-12-10-26(11-13-28)64-22-30-24(3)65-52(44(30)57)36-16-9-23(2)19-37(36)53(58)59/h6-21,51,56H,5,22H2,1-4H3,(H,46,54)(H,47,55)(H3,45,62,63). The smallest absolute Gasteiger partial charge is 0.296 e. The molecule has 25 heteroatoms. The molecule has 0 aliphatic rings. The fourth-order valence-electron chi connectivity index (χ4n) is 7.11. The normalized spacial score (nSPS) is 12.5. The van der Waals surface area contributed by atoms with Crippen molar-refractivity contribution in [3.05, 3.63) is 134 Å². The number of nitrogens with zero attached hydrogens (tertiary/aromatic N) is 5. The SMILES string of the molecule is CCC(=O)Nc1cc(N=Nc2snc3ccsc23)c2c(NS(=O)(=O)c3cccc(S(N)(=O)(O)c4ccc(OCc5c(C)on(-c6ccc(C)cc6[N+](=O)[O-])c5=O)cc4)c3)ccc(NC(C)=O)c2c1O. The number of carbonyl (C=O) groups excluding carboxylic acids is 2. The second-order valence-electron chi connectivity index (χ2n) is 15.4. The van der Waals surface area contributed by atoms with Gasteiger partial charge in [-0.3, -0.25) is 33.8 Å². The monoisotopic (exact) mass is 1010 g/mol. The number of phenols is 1. The van der Waals surface area contributed by atoms with Crippen molar-refractivity contribution in [2.45, 2.75) is 55.4 Å². The number of nitro benzene ring substituents is 1. The Labute approximate surface area is 399 Å². The Hall–Kier alpha value is -7.68. The molecule has 5 aromatic carbocycles. The van der Waals surface area contributed by atoms with Gasteiger partial charge in [0.25, 0.3) is 21.3 Å². The van der Waals surface area contributed by atoms with Gasteiger partial charge in [-0.15, -0.1) is 26.3 Å². The lowest BCUT2D eigenvalue weighted by Gasteiger charge is -2.39. The molecule has 3 heterocycles. The molecule has 0 atom stereocenters. The average molecular weight is 1010 g/mol. The van der Waals surface area contributed by atoms with Crippen LogP contribution in [-0.2, 0) is 35.8 Å². The molecule has 356 valence electrons. The minimum absolute atomic E-state index is 0.0375. The van der Waals surface area contributed by atoms with Crippen LogP contribution in [0, 0.1) is 24.0 Å². The van der Waals surface area contributed by atoms with Gasteiger partial charge in [0.1, 0.15) is 23.9 Å². The number of rotatable bonds is 15. The Kier molecular flexibility index (Phi) is 12.5. The summed E-state index contributed by atoms with van der Waals surface area (Å²) in [7, 11) is -10.2. The van der Waals surface area contributed by atoms with Crippen LogP contribution in [0.4, 0.5) is 33.4 Å². The number of nitro groups is 1. The molecule has 0 saturated carbocycles. The number of nitrogens with two attached hydrogens (primary N) is 1. The number of thiophene rings is 1. The van der Waals surface area contributed by atoms with Crippen LogP contribution in [0.25, 0.3) is 26.7 Å². The highest BCUT2D eigenvalue weighted by Gasteiger charge is 2.31. The van der Waals surface area contributed by atoms with E-state index in [2.05, 4.69) is 30.0 Å². The highest BCUT2D eigenvalue weighted by atomic mass is 32.3. The summed E-state index contributed by atoms with van der Waals surface area (Å²) in [5.74, 6) is -1.27. The first-order chi connectivity index (χ1) is 32.6. The Balaban J connectivity index is 1.11. The molecule has 0 saturated heterocycles. The van der Waals surface area contributed by atoms with Gasteiger partial charge in [0.15, 0.2) is 10.7 Å². The second-order valence-corrected chi connectivity index (χ2v) is 21.6. The van der Waals surface area contributed by atoms with Crippen LogP contribution >= 0.6 is 22.9 Å². The maximum absolute atomic E-state index is 14.4.